The van der Waals surface area contributed by atoms with Crippen LogP contribution in [0.25, 0.3) is 0 Å². The van der Waals surface area contributed by atoms with Crippen molar-refractivity contribution >= 4 is 11.6 Å². The minimum Gasteiger partial charge on any atom is -0.474 e. The van der Waals surface area contributed by atoms with Gasteiger partial charge in [-0.2, -0.15) is 0 Å². The zero-order valence-electron chi connectivity index (χ0n) is 9.71. The number of hydrogen-bond acceptors (Lipinski definition) is 2. The van der Waals surface area contributed by atoms with Crippen molar-refractivity contribution in [1.82, 2.24) is 4.98 Å². The Balaban J connectivity index is 2.01. The maximum Gasteiger partial charge on any atom is 0.213 e. The van der Waals surface area contributed by atoms with Crippen molar-refractivity contribution < 1.29 is 4.74 Å². The fourth-order valence-corrected chi connectivity index (χ4v) is 2.41. The van der Waals surface area contributed by atoms with E-state index in [1.807, 2.05) is 19.1 Å². The van der Waals surface area contributed by atoms with Crippen LogP contribution in [0.1, 0.15) is 43.4 Å². The second kappa shape index (κ2) is 5.53. The van der Waals surface area contributed by atoms with Gasteiger partial charge in [0.25, 0.3) is 0 Å². The van der Waals surface area contributed by atoms with Gasteiger partial charge in [-0.25, -0.2) is 4.98 Å². The molecule has 1 aromatic heterocycles. The Bertz CT molecular complexity index is 348. The standard InChI is InChI=1S/C13H18ClNO/c1-10-11(9-14)7-8-13(15-10)16-12-5-3-2-4-6-12/h7-8,12H,2-6,9H2,1H3. The third-order valence-electron chi connectivity index (χ3n) is 3.15. The topological polar surface area (TPSA) is 22.1 Å². The zero-order valence-corrected chi connectivity index (χ0v) is 10.5. The Morgan fingerprint density at radius 3 is 2.69 bits per heavy atom. The molecule has 2 nitrogen and oxygen atoms in total. The molecule has 1 saturated carbocycles. The van der Waals surface area contributed by atoms with Crippen molar-refractivity contribution in [3.63, 3.8) is 0 Å². The van der Waals surface area contributed by atoms with Crippen molar-refractivity contribution in [2.24, 2.45) is 0 Å². The van der Waals surface area contributed by atoms with Gasteiger partial charge in [0.1, 0.15) is 6.10 Å². The van der Waals surface area contributed by atoms with Crippen molar-refractivity contribution in [2.75, 3.05) is 0 Å². The van der Waals surface area contributed by atoms with Crippen molar-refractivity contribution in [1.29, 1.82) is 0 Å². The summed E-state index contributed by atoms with van der Waals surface area (Å²) < 4.78 is 5.88. The number of aryl methyl sites for hydroxylation is 1. The normalized spacial score (nSPS) is 17.4. The number of nitrogens with zero attached hydrogens (tertiary/aromatic N) is 1. The molecule has 1 aliphatic carbocycles. The first kappa shape index (κ1) is 11.7. The van der Waals surface area contributed by atoms with E-state index in [0.717, 1.165) is 30.0 Å². The van der Waals surface area contributed by atoms with Crippen LogP contribution in [0, 0.1) is 6.92 Å². The van der Waals surface area contributed by atoms with Gasteiger partial charge in [0.05, 0.1) is 0 Å². The van der Waals surface area contributed by atoms with Crippen LogP contribution in [0.15, 0.2) is 12.1 Å². The number of halogens is 1. The Hall–Kier alpha value is -0.760. The molecule has 0 N–H and O–H groups in total. The predicted molar refractivity (Wildman–Crippen MR) is 66.0 cm³/mol. The SMILES string of the molecule is Cc1nc(OC2CCCCC2)ccc1CCl. The fourth-order valence-electron chi connectivity index (χ4n) is 2.13. The quantitative estimate of drug-likeness (QED) is 0.748. The Kier molecular flexibility index (Phi) is 4.05. The minimum absolute atomic E-state index is 0.363. The number of aromatic nitrogens is 1. The maximum atomic E-state index is 5.88. The number of hydrogen-bond donors (Lipinski definition) is 0. The number of ether oxygens (including phenoxy) is 1. The smallest absolute Gasteiger partial charge is 0.213 e. The number of alkyl halides is 1. The van der Waals surface area contributed by atoms with E-state index in [2.05, 4.69) is 4.98 Å². The third kappa shape index (κ3) is 2.88. The molecule has 1 aromatic rings. The molecule has 88 valence electrons. The van der Waals surface area contributed by atoms with Crippen LogP contribution < -0.4 is 4.74 Å². The summed E-state index contributed by atoms with van der Waals surface area (Å²) in [6.07, 6.45) is 6.60. The summed E-state index contributed by atoms with van der Waals surface area (Å²) in [5, 5.41) is 0. The lowest BCUT2D eigenvalue weighted by Gasteiger charge is -2.22. The van der Waals surface area contributed by atoms with Gasteiger partial charge < -0.3 is 4.74 Å². The molecule has 2 rings (SSSR count). The summed E-state index contributed by atoms with van der Waals surface area (Å²) >= 11 is 5.80. The molecular weight excluding hydrogens is 222 g/mol. The van der Waals surface area contributed by atoms with Crippen LogP contribution in [-0.4, -0.2) is 11.1 Å². The lowest BCUT2D eigenvalue weighted by atomic mass is 9.98. The first-order valence-corrected chi connectivity index (χ1v) is 6.52. The molecule has 0 amide bonds. The molecular formula is C13H18ClNO. The molecule has 3 heteroatoms. The van der Waals surface area contributed by atoms with Gasteiger partial charge in [-0.05, 0) is 38.2 Å². The average Bonchev–Trinajstić information content (AvgIpc) is 2.31. The van der Waals surface area contributed by atoms with Crippen molar-refractivity contribution in [2.45, 2.75) is 51.0 Å². The van der Waals surface area contributed by atoms with E-state index in [1.165, 1.54) is 19.3 Å². The van der Waals surface area contributed by atoms with Gasteiger partial charge >= 0.3 is 0 Å². The molecule has 1 aliphatic rings. The Labute approximate surface area is 102 Å². The Morgan fingerprint density at radius 2 is 2.06 bits per heavy atom. The highest BCUT2D eigenvalue weighted by atomic mass is 35.5. The fraction of sp³-hybridized carbons (Fsp3) is 0.615. The van der Waals surface area contributed by atoms with E-state index in [4.69, 9.17) is 16.3 Å². The molecule has 0 spiro atoms. The van der Waals surface area contributed by atoms with Gasteiger partial charge in [-0.3, -0.25) is 0 Å². The average molecular weight is 240 g/mol. The highest BCUT2D eigenvalue weighted by molar-refractivity contribution is 6.17. The molecule has 0 bridgehead atoms. The summed E-state index contributed by atoms with van der Waals surface area (Å²) in [7, 11) is 0. The molecule has 1 fully saturated rings. The molecule has 0 saturated heterocycles. The van der Waals surface area contributed by atoms with E-state index in [1.54, 1.807) is 0 Å². The predicted octanol–water partition coefficient (Wildman–Crippen LogP) is 3.84. The van der Waals surface area contributed by atoms with Crippen LogP contribution >= 0.6 is 11.6 Å². The Morgan fingerprint density at radius 1 is 1.31 bits per heavy atom. The third-order valence-corrected chi connectivity index (χ3v) is 3.44. The van der Waals surface area contributed by atoms with E-state index >= 15 is 0 Å². The highest BCUT2D eigenvalue weighted by Gasteiger charge is 2.15. The monoisotopic (exact) mass is 239 g/mol. The number of rotatable bonds is 3. The molecule has 1 heterocycles. The van der Waals surface area contributed by atoms with E-state index in [9.17, 15) is 0 Å². The van der Waals surface area contributed by atoms with Crippen molar-refractivity contribution in [3.8, 4) is 5.88 Å². The van der Waals surface area contributed by atoms with E-state index in [0.29, 0.717) is 12.0 Å². The zero-order chi connectivity index (χ0) is 11.4. The van der Waals surface area contributed by atoms with Crippen LogP contribution in [0.4, 0.5) is 0 Å². The maximum absolute atomic E-state index is 5.88. The van der Waals surface area contributed by atoms with Crippen LogP contribution in [-0.2, 0) is 5.88 Å². The summed E-state index contributed by atoms with van der Waals surface area (Å²) in [4.78, 5) is 4.43. The lowest BCUT2D eigenvalue weighted by molar-refractivity contribution is 0.148. The minimum atomic E-state index is 0.363. The lowest BCUT2D eigenvalue weighted by Crippen LogP contribution is -2.20. The van der Waals surface area contributed by atoms with Crippen LogP contribution in [0.3, 0.4) is 0 Å². The first-order valence-electron chi connectivity index (χ1n) is 5.99. The van der Waals surface area contributed by atoms with Gasteiger partial charge in [0.15, 0.2) is 0 Å². The molecule has 0 aliphatic heterocycles. The van der Waals surface area contributed by atoms with Gasteiger partial charge in [-0.15, -0.1) is 11.6 Å². The van der Waals surface area contributed by atoms with Gasteiger partial charge in [0.2, 0.25) is 5.88 Å². The summed E-state index contributed by atoms with van der Waals surface area (Å²) in [5.74, 6) is 1.26. The molecule has 16 heavy (non-hydrogen) atoms. The molecule has 0 radical (unpaired) electrons. The molecule has 0 aromatic carbocycles. The highest BCUT2D eigenvalue weighted by Crippen LogP contribution is 2.23. The molecule has 0 unspecified atom stereocenters. The summed E-state index contributed by atoms with van der Waals surface area (Å²) in [6.45, 7) is 1.98. The van der Waals surface area contributed by atoms with Gasteiger partial charge in [0, 0.05) is 17.6 Å². The van der Waals surface area contributed by atoms with Crippen molar-refractivity contribution in [3.05, 3.63) is 23.4 Å². The van der Waals surface area contributed by atoms with Crippen LogP contribution in [0.5, 0.6) is 5.88 Å². The second-order valence-corrected chi connectivity index (χ2v) is 4.67. The summed E-state index contributed by atoms with van der Waals surface area (Å²) in [5.41, 5.74) is 2.06. The van der Waals surface area contributed by atoms with Crippen LogP contribution in [0.2, 0.25) is 0 Å². The first-order chi connectivity index (χ1) is 7.79. The van der Waals surface area contributed by atoms with E-state index < -0.39 is 0 Å². The van der Waals surface area contributed by atoms with E-state index in [-0.39, 0.29) is 0 Å². The molecule has 0 atom stereocenters. The second-order valence-electron chi connectivity index (χ2n) is 4.41. The number of pyridine rings is 1. The summed E-state index contributed by atoms with van der Waals surface area (Å²) in [6, 6.07) is 3.94. The largest absolute Gasteiger partial charge is 0.474 e. The van der Waals surface area contributed by atoms with Gasteiger partial charge in [-0.1, -0.05) is 12.5 Å².